The lowest BCUT2D eigenvalue weighted by atomic mass is 10.2. The summed E-state index contributed by atoms with van der Waals surface area (Å²) in [6, 6.07) is 2.80. The summed E-state index contributed by atoms with van der Waals surface area (Å²) in [5.74, 6) is -0.706. The number of carbonyl (C=O) groups excluding carboxylic acids is 2. The largest absolute Gasteiger partial charge is 0.448 e. The third-order valence-electron chi connectivity index (χ3n) is 3.79. The Bertz CT molecular complexity index is 945. The second-order valence-electron chi connectivity index (χ2n) is 6.12. The van der Waals surface area contributed by atoms with Crippen molar-refractivity contribution in [1.29, 1.82) is 0 Å². The van der Waals surface area contributed by atoms with Gasteiger partial charge in [-0.1, -0.05) is 12.1 Å². The molecule has 1 unspecified atom stereocenters. The summed E-state index contributed by atoms with van der Waals surface area (Å²) in [5.41, 5.74) is 0. The van der Waals surface area contributed by atoms with Crippen molar-refractivity contribution in [1.82, 2.24) is 9.88 Å². The third-order valence-corrected chi connectivity index (χ3v) is 6.38. The van der Waals surface area contributed by atoms with Crippen LogP contribution in [0.5, 0.6) is 0 Å². The molecule has 2 aromatic heterocycles. The fourth-order valence-electron chi connectivity index (χ4n) is 2.28. The van der Waals surface area contributed by atoms with Crippen molar-refractivity contribution < 1.29 is 27.3 Å². The van der Waals surface area contributed by atoms with E-state index >= 15 is 0 Å². The summed E-state index contributed by atoms with van der Waals surface area (Å²) in [4.78, 5) is 24.6. The van der Waals surface area contributed by atoms with Crippen molar-refractivity contribution >= 4 is 39.1 Å². The summed E-state index contributed by atoms with van der Waals surface area (Å²) >= 11 is 0.951. The number of esters is 1. The lowest BCUT2D eigenvalue weighted by Crippen LogP contribution is -2.32. The van der Waals surface area contributed by atoms with Gasteiger partial charge in [0.1, 0.15) is 15.5 Å². The number of ether oxygens (including phenoxy) is 1. The number of rotatable bonds is 8. The van der Waals surface area contributed by atoms with E-state index in [1.807, 2.05) is 0 Å². The molecule has 0 bridgehead atoms. The Hall–Kier alpha value is -2.24. The van der Waals surface area contributed by atoms with Gasteiger partial charge in [0.25, 0.3) is 5.91 Å². The number of aromatic nitrogens is 1. The maximum Gasteiger partial charge on any atom is 0.350 e. The van der Waals surface area contributed by atoms with Crippen LogP contribution in [0.4, 0.5) is 5.82 Å². The van der Waals surface area contributed by atoms with Crippen LogP contribution in [0.3, 0.4) is 0 Å². The van der Waals surface area contributed by atoms with E-state index in [9.17, 15) is 18.0 Å². The predicted octanol–water partition coefficient (Wildman–Crippen LogP) is 2.06. The zero-order valence-electron chi connectivity index (χ0n) is 14.7. The van der Waals surface area contributed by atoms with Gasteiger partial charge in [-0.05, 0) is 37.6 Å². The van der Waals surface area contributed by atoms with Gasteiger partial charge in [-0.2, -0.15) is 0 Å². The van der Waals surface area contributed by atoms with Gasteiger partial charge in [-0.3, -0.25) is 4.79 Å². The second-order valence-corrected chi connectivity index (χ2v) is 8.72. The molecule has 2 aromatic rings. The summed E-state index contributed by atoms with van der Waals surface area (Å²) in [6.07, 6.45) is 0.678. The molecule has 1 aliphatic rings. The van der Waals surface area contributed by atoms with Crippen LogP contribution < -0.4 is 10.0 Å². The molecule has 1 atom stereocenters. The van der Waals surface area contributed by atoms with E-state index < -0.39 is 28.0 Å². The van der Waals surface area contributed by atoms with Crippen molar-refractivity contribution in [2.24, 2.45) is 0 Å². The van der Waals surface area contributed by atoms with Crippen LogP contribution in [0, 0.1) is 6.92 Å². The van der Waals surface area contributed by atoms with Crippen LogP contribution in [0.2, 0.25) is 0 Å². The zero-order chi connectivity index (χ0) is 19.6. The highest BCUT2D eigenvalue weighted by molar-refractivity contribution is 7.89. The van der Waals surface area contributed by atoms with E-state index in [4.69, 9.17) is 9.26 Å². The molecule has 146 valence electrons. The minimum absolute atomic E-state index is 0.0633. The molecule has 1 amide bonds. The molecule has 1 fully saturated rings. The normalized spacial score (nSPS) is 15.3. The van der Waals surface area contributed by atoms with Gasteiger partial charge in [-0.25, -0.2) is 17.9 Å². The molecule has 3 rings (SSSR count). The molecular weight excluding hydrogens is 394 g/mol. The van der Waals surface area contributed by atoms with Gasteiger partial charge >= 0.3 is 5.97 Å². The third kappa shape index (κ3) is 4.73. The molecule has 0 aliphatic heterocycles. The quantitative estimate of drug-likeness (QED) is 0.634. The highest BCUT2D eigenvalue weighted by Gasteiger charge is 2.33. The topological polar surface area (TPSA) is 128 Å². The number of thiophene rings is 1. The molecule has 11 heteroatoms. The van der Waals surface area contributed by atoms with Crippen LogP contribution in [0.15, 0.2) is 26.9 Å². The van der Waals surface area contributed by atoms with Crippen molar-refractivity contribution in [3.05, 3.63) is 28.2 Å². The van der Waals surface area contributed by atoms with Crippen LogP contribution in [-0.4, -0.2) is 37.6 Å². The summed E-state index contributed by atoms with van der Waals surface area (Å²) < 4.78 is 37.4. The fourth-order valence-corrected chi connectivity index (χ4v) is 4.88. The highest BCUT2D eigenvalue weighted by Crippen LogP contribution is 2.27. The number of hydrogen-bond acceptors (Lipinski definition) is 8. The van der Waals surface area contributed by atoms with Gasteiger partial charge in [0, 0.05) is 12.1 Å². The number of nitrogens with one attached hydrogen (secondary N) is 2. The molecule has 0 aromatic carbocycles. The van der Waals surface area contributed by atoms with Crippen molar-refractivity contribution in [3.8, 4) is 0 Å². The zero-order valence-corrected chi connectivity index (χ0v) is 16.4. The minimum Gasteiger partial charge on any atom is -0.448 e. The molecule has 1 aliphatic carbocycles. The summed E-state index contributed by atoms with van der Waals surface area (Å²) in [6.45, 7) is 3.35. The van der Waals surface area contributed by atoms with Gasteiger partial charge in [0.05, 0.1) is 0 Å². The Balaban J connectivity index is 1.70. The Morgan fingerprint density at radius 2 is 2.19 bits per heavy atom. The number of amides is 1. The van der Waals surface area contributed by atoms with E-state index in [0.29, 0.717) is 5.76 Å². The minimum atomic E-state index is -3.80. The maximum absolute atomic E-state index is 12.5. The van der Waals surface area contributed by atoms with E-state index in [2.05, 4.69) is 15.2 Å². The molecule has 27 heavy (non-hydrogen) atoms. The molecule has 1 saturated carbocycles. The number of hydrogen-bond donors (Lipinski definition) is 2. The molecule has 2 N–H and O–H groups in total. The maximum atomic E-state index is 12.5. The van der Waals surface area contributed by atoms with Gasteiger partial charge in [-0.15, -0.1) is 11.3 Å². The molecular formula is C16H19N3O6S2. The molecule has 2 heterocycles. The lowest BCUT2D eigenvalue weighted by Gasteiger charge is -2.15. The van der Waals surface area contributed by atoms with E-state index in [-0.39, 0.29) is 28.1 Å². The SMILES string of the molecule is CCC(OC(=O)c1sccc1S(=O)(=O)NC1CC1)C(=O)Nc1cc(C)on1. The van der Waals surface area contributed by atoms with Crippen molar-refractivity contribution in [3.63, 3.8) is 0 Å². The highest BCUT2D eigenvalue weighted by atomic mass is 32.2. The fraction of sp³-hybridized carbons (Fsp3) is 0.438. The molecule has 0 spiro atoms. The number of anilines is 1. The first-order chi connectivity index (χ1) is 12.8. The average Bonchev–Trinajstić information content (AvgIpc) is 3.10. The Kier molecular flexibility index (Phi) is 5.63. The lowest BCUT2D eigenvalue weighted by molar-refractivity contribution is -0.124. The van der Waals surface area contributed by atoms with E-state index in [1.165, 1.54) is 17.5 Å². The first kappa shape index (κ1) is 19.5. The predicted molar refractivity (Wildman–Crippen MR) is 97.0 cm³/mol. The van der Waals surface area contributed by atoms with Crippen LogP contribution >= 0.6 is 11.3 Å². The Labute approximate surface area is 160 Å². The van der Waals surface area contributed by atoms with Gasteiger partial charge < -0.3 is 14.6 Å². The first-order valence-corrected chi connectivity index (χ1v) is 10.7. The van der Waals surface area contributed by atoms with Gasteiger partial charge in [0.15, 0.2) is 11.9 Å². The van der Waals surface area contributed by atoms with Crippen LogP contribution in [0.1, 0.15) is 41.6 Å². The van der Waals surface area contributed by atoms with Crippen LogP contribution in [-0.2, 0) is 19.6 Å². The number of carbonyl (C=O) groups is 2. The Morgan fingerprint density at radius 3 is 2.78 bits per heavy atom. The molecule has 9 nitrogen and oxygen atoms in total. The standard InChI is InChI=1S/C16H19N3O6S2/c1-3-11(15(20)17-13-8-9(2)25-18-13)24-16(21)14-12(6-7-26-14)27(22,23)19-10-4-5-10/h6-8,10-11,19H,3-5H2,1-2H3,(H,17,18,20). The average molecular weight is 413 g/mol. The van der Waals surface area contributed by atoms with E-state index in [1.54, 1.807) is 13.8 Å². The smallest absolute Gasteiger partial charge is 0.350 e. The summed E-state index contributed by atoms with van der Waals surface area (Å²) in [7, 11) is -3.80. The second kappa shape index (κ2) is 7.79. The van der Waals surface area contributed by atoms with Crippen molar-refractivity contribution in [2.45, 2.75) is 50.2 Å². The monoisotopic (exact) mass is 413 g/mol. The number of aryl methyl sites for hydroxylation is 1. The van der Waals surface area contributed by atoms with Crippen LogP contribution in [0.25, 0.3) is 0 Å². The summed E-state index contributed by atoms with van der Waals surface area (Å²) in [5, 5.41) is 7.64. The Morgan fingerprint density at radius 1 is 1.44 bits per heavy atom. The number of nitrogens with zero attached hydrogens (tertiary/aromatic N) is 1. The molecule has 0 radical (unpaired) electrons. The van der Waals surface area contributed by atoms with Gasteiger partial charge in [0.2, 0.25) is 10.0 Å². The van der Waals surface area contributed by atoms with Crippen molar-refractivity contribution in [2.75, 3.05) is 5.32 Å². The first-order valence-electron chi connectivity index (χ1n) is 8.35. The number of sulfonamides is 1. The van der Waals surface area contributed by atoms with E-state index in [0.717, 1.165) is 24.2 Å². The molecule has 0 saturated heterocycles.